The maximum absolute atomic E-state index is 11.7. The number of halogens is 1. The molecule has 1 aromatic heterocycles. The molecule has 2 aromatic rings. The number of hydrogen-bond acceptors (Lipinski definition) is 6. The highest BCUT2D eigenvalue weighted by Crippen LogP contribution is 2.38. The summed E-state index contributed by atoms with van der Waals surface area (Å²) in [6.07, 6.45) is 3.41. The fourth-order valence-corrected chi connectivity index (χ4v) is 3.61. The molecule has 0 atom stereocenters. The maximum Gasteiger partial charge on any atom is 0.258 e. The van der Waals surface area contributed by atoms with Crippen molar-refractivity contribution in [2.24, 2.45) is 5.73 Å². The van der Waals surface area contributed by atoms with E-state index in [1.165, 1.54) is 0 Å². The molecule has 0 bridgehead atoms. The van der Waals surface area contributed by atoms with Crippen LogP contribution in [0.1, 0.15) is 31.5 Å². The van der Waals surface area contributed by atoms with Crippen LogP contribution in [0, 0.1) is 0 Å². The Bertz CT molecular complexity index is 745. The molecule has 23 heavy (non-hydrogen) atoms. The first-order chi connectivity index (χ1) is 10.6. The summed E-state index contributed by atoms with van der Waals surface area (Å²) in [6, 6.07) is 5.80. The van der Waals surface area contributed by atoms with Gasteiger partial charge in [0.2, 0.25) is 5.91 Å². The minimum absolute atomic E-state index is 0. The van der Waals surface area contributed by atoms with Crippen molar-refractivity contribution < 1.29 is 9.32 Å². The second kappa shape index (κ2) is 6.14. The molecule has 2 aliphatic rings. The molecular formula is C15H17ClN4O2S. The molecule has 1 aliphatic heterocycles. The number of nitrogens with zero attached hydrogens (tertiary/aromatic N) is 2. The van der Waals surface area contributed by atoms with Crippen molar-refractivity contribution in [3.63, 3.8) is 0 Å². The summed E-state index contributed by atoms with van der Waals surface area (Å²) in [5.41, 5.74) is 7.38. The molecule has 6 nitrogen and oxygen atoms in total. The van der Waals surface area contributed by atoms with E-state index < -0.39 is 5.54 Å². The summed E-state index contributed by atoms with van der Waals surface area (Å²) in [6.45, 7) is 0. The quantitative estimate of drug-likeness (QED) is 0.863. The summed E-state index contributed by atoms with van der Waals surface area (Å²) in [4.78, 5) is 17.2. The van der Waals surface area contributed by atoms with Crippen LogP contribution in [-0.2, 0) is 10.3 Å². The highest BCUT2D eigenvalue weighted by Gasteiger charge is 2.39. The van der Waals surface area contributed by atoms with Crippen LogP contribution in [0.15, 0.2) is 27.6 Å². The minimum atomic E-state index is -0.433. The summed E-state index contributed by atoms with van der Waals surface area (Å²) < 4.78 is 5.36. The van der Waals surface area contributed by atoms with E-state index in [4.69, 9.17) is 10.3 Å². The smallest absolute Gasteiger partial charge is 0.258 e. The molecule has 0 radical (unpaired) electrons. The van der Waals surface area contributed by atoms with E-state index >= 15 is 0 Å². The van der Waals surface area contributed by atoms with Gasteiger partial charge in [-0.1, -0.05) is 5.16 Å². The number of aromatic nitrogens is 2. The van der Waals surface area contributed by atoms with E-state index in [-0.39, 0.29) is 18.3 Å². The van der Waals surface area contributed by atoms with Crippen molar-refractivity contribution in [1.29, 1.82) is 0 Å². The minimum Gasteiger partial charge on any atom is -0.334 e. The lowest BCUT2D eigenvalue weighted by Crippen LogP contribution is -2.44. The molecule has 0 saturated heterocycles. The molecule has 1 aliphatic carbocycles. The fraction of sp³-hybridized carbons (Fsp3) is 0.400. The van der Waals surface area contributed by atoms with Crippen molar-refractivity contribution in [2.45, 2.75) is 36.1 Å². The van der Waals surface area contributed by atoms with Gasteiger partial charge in [0.25, 0.3) is 5.89 Å². The van der Waals surface area contributed by atoms with Gasteiger partial charge >= 0.3 is 0 Å². The molecule has 4 rings (SSSR count). The van der Waals surface area contributed by atoms with Crippen LogP contribution in [0.2, 0.25) is 0 Å². The van der Waals surface area contributed by atoms with E-state index in [9.17, 15) is 4.79 Å². The molecule has 3 N–H and O–H groups in total. The molecule has 122 valence electrons. The summed E-state index contributed by atoms with van der Waals surface area (Å²) >= 11 is 1.67. The number of nitrogens with one attached hydrogen (secondary N) is 1. The van der Waals surface area contributed by atoms with Gasteiger partial charge in [0.05, 0.1) is 11.2 Å². The average molecular weight is 353 g/mol. The van der Waals surface area contributed by atoms with E-state index in [2.05, 4.69) is 15.5 Å². The Hall–Kier alpha value is -1.57. The number of nitrogens with two attached hydrogens (primary N) is 1. The Morgan fingerprint density at radius 3 is 2.91 bits per heavy atom. The molecule has 1 saturated carbocycles. The highest BCUT2D eigenvalue weighted by atomic mass is 35.5. The predicted molar refractivity (Wildman–Crippen MR) is 90.7 cm³/mol. The molecular weight excluding hydrogens is 336 g/mol. The molecule has 1 fully saturated rings. The Morgan fingerprint density at radius 1 is 1.35 bits per heavy atom. The molecule has 1 amide bonds. The van der Waals surface area contributed by atoms with Gasteiger partial charge < -0.3 is 15.6 Å². The van der Waals surface area contributed by atoms with Crippen LogP contribution in [0.5, 0.6) is 0 Å². The monoisotopic (exact) mass is 352 g/mol. The average Bonchev–Trinajstić information content (AvgIpc) is 2.89. The normalized spacial score (nSPS) is 18.9. The lowest BCUT2D eigenvalue weighted by Gasteiger charge is -2.34. The standard InChI is InChI=1S/C15H16N4O2S.ClH/c16-15(5-1-6-15)14-18-13(21-19-14)9-2-3-11-10(8-9)17-12(20)4-7-22-11;/h2-3,8H,1,4-7,16H2,(H,17,20);1H. The third-order valence-corrected chi connectivity index (χ3v) is 5.28. The summed E-state index contributed by atoms with van der Waals surface area (Å²) in [5.74, 6) is 1.84. The lowest BCUT2D eigenvalue weighted by molar-refractivity contribution is -0.115. The van der Waals surface area contributed by atoms with Crippen molar-refractivity contribution in [1.82, 2.24) is 10.1 Å². The second-order valence-electron chi connectivity index (χ2n) is 5.79. The number of hydrogen-bond donors (Lipinski definition) is 2. The zero-order valence-corrected chi connectivity index (χ0v) is 14.0. The van der Waals surface area contributed by atoms with E-state index in [1.807, 2.05) is 18.2 Å². The van der Waals surface area contributed by atoms with Crippen molar-refractivity contribution in [3.05, 3.63) is 24.0 Å². The topological polar surface area (TPSA) is 94.0 Å². The second-order valence-corrected chi connectivity index (χ2v) is 6.93. The maximum atomic E-state index is 11.7. The van der Waals surface area contributed by atoms with Gasteiger partial charge in [-0.15, -0.1) is 24.2 Å². The van der Waals surface area contributed by atoms with Crippen LogP contribution in [-0.4, -0.2) is 21.8 Å². The van der Waals surface area contributed by atoms with E-state index in [0.717, 1.165) is 41.2 Å². The zero-order chi connectivity index (χ0) is 15.2. The lowest BCUT2D eigenvalue weighted by atomic mass is 9.77. The number of carbonyl (C=O) groups is 1. The Labute approximate surface area is 144 Å². The largest absolute Gasteiger partial charge is 0.334 e. The van der Waals surface area contributed by atoms with Crippen LogP contribution in [0.3, 0.4) is 0 Å². The third-order valence-electron chi connectivity index (χ3n) is 4.20. The number of anilines is 1. The molecule has 0 unspecified atom stereocenters. The summed E-state index contributed by atoms with van der Waals surface area (Å²) in [5, 5.41) is 6.95. The Kier molecular flexibility index (Phi) is 4.35. The number of carbonyl (C=O) groups excluding carboxylic acids is 1. The number of benzene rings is 1. The van der Waals surface area contributed by atoms with Gasteiger partial charge in [-0.25, -0.2) is 0 Å². The fourth-order valence-electron chi connectivity index (χ4n) is 2.68. The first-order valence-electron chi connectivity index (χ1n) is 7.34. The highest BCUT2D eigenvalue weighted by molar-refractivity contribution is 7.99. The van der Waals surface area contributed by atoms with E-state index in [0.29, 0.717) is 18.1 Å². The molecule has 2 heterocycles. The van der Waals surface area contributed by atoms with Crippen LogP contribution >= 0.6 is 24.2 Å². The Balaban J connectivity index is 0.00000156. The number of rotatable bonds is 2. The molecule has 0 spiro atoms. The SMILES string of the molecule is Cl.NC1(c2noc(-c3ccc4c(c3)NC(=O)CCS4)n2)CCC1. The zero-order valence-electron chi connectivity index (χ0n) is 12.4. The number of fused-ring (bicyclic) bond motifs is 1. The first-order valence-corrected chi connectivity index (χ1v) is 8.33. The van der Waals surface area contributed by atoms with Crippen molar-refractivity contribution in [3.8, 4) is 11.5 Å². The predicted octanol–water partition coefficient (Wildman–Crippen LogP) is 2.93. The van der Waals surface area contributed by atoms with Crippen LogP contribution < -0.4 is 11.1 Å². The molecule has 8 heteroatoms. The van der Waals surface area contributed by atoms with Crippen molar-refractivity contribution in [2.75, 3.05) is 11.1 Å². The van der Waals surface area contributed by atoms with Gasteiger partial charge in [-0.3, -0.25) is 4.79 Å². The number of amides is 1. The van der Waals surface area contributed by atoms with Gasteiger partial charge in [-0.05, 0) is 37.5 Å². The van der Waals surface area contributed by atoms with Crippen molar-refractivity contribution >= 4 is 35.8 Å². The van der Waals surface area contributed by atoms with Gasteiger partial charge in [0.15, 0.2) is 5.82 Å². The first kappa shape index (κ1) is 16.3. The third kappa shape index (κ3) is 2.96. The van der Waals surface area contributed by atoms with Gasteiger partial charge in [-0.2, -0.15) is 4.98 Å². The van der Waals surface area contributed by atoms with Crippen LogP contribution in [0.25, 0.3) is 11.5 Å². The Morgan fingerprint density at radius 2 is 2.17 bits per heavy atom. The number of thioether (sulfide) groups is 1. The van der Waals surface area contributed by atoms with Gasteiger partial charge in [0, 0.05) is 22.6 Å². The van der Waals surface area contributed by atoms with Crippen LogP contribution in [0.4, 0.5) is 5.69 Å². The van der Waals surface area contributed by atoms with E-state index in [1.54, 1.807) is 11.8 Å². The van der Waals surface area contributed by atoms with Gasteiger partial charge in [0.1, 0.15) is 0 Å². The summed E-state index contributed by atoms with van der Waals surface area (Å²) in [7, 11) is 0. The molecule has 1 aromatic carbocycles.